The number of hydrogen-bond acceptors (Lipinski definition) is 7. The van der Waals surface area contributed by atoms with Crippen molar-refractivity contribution in [3.05, 3.63) is 70.4 Å². The minimum Gasteiger partial charge on any atom is -0.460 e. The number of ether oxygens (including phenoxy) is 1. The second kappa shape index (κ2) is 7.32. The predicted molar refractivity (Wildman–Crippen MR) is 102 cm³/mol. The summed E-state index contributed by atoms with van der Waals surface area (Å²) < 4.78 is 5.28. The van der Waals surface area contributed by atoms with Gasteiger partial charge in [-0.25, -0.2) is 9.78 Å². The smallest absolute Gasteiger partial charge is 0.350 e. The molecule has 2 aromatic heterocycles. The molecule has 0 bridgehead atoms. The van der Waals surface area contributed by atoms with Crippen LogP contribution < -0.4 is 0 Å². The molecule has 0 saturated heterocycles. The molecule has 0 N–H and O–H groups in total. The van der Waals surface area contributed by atoms with Crippen molar-refractivity contribution in [2.24, 2.45) is 0 Å². The fourth-order valence-electron chi connectivity index (χ4n) is 2.92. The van der Waals surface area contributed by atoms with Crippen molar-refractivity contribution in [1.82, 2.24) is 14.9 Å². The topological polar surface area (TPSA) is 89.5 Å². The average molecular weight is 393 g/mol. The van der Waals surface area contributed by atoms with E-state index < -0.39 is 5.97 Å². The Morgan fingerprint density at radius 2 is 1.75 bits per heavy atom. The van der Waals surface area contributed by atoms with Gasteiger partial charge in [0.2, 0.25) is 0 Å². The van der Waals surface area contributed by atoms with Gasteiger partial charge in [-0.2, -0.15) is 0 Å². The number of hydrogen-bond donors (Lipinski definition) is 0. The van der Waals surface area contributed by atoms with E-state index in [4.69, 9.17) is 4.74 Å². The first kappa shape index (κ1) is 18.0. The van der Waals surface area contributed by atoms with E-state index >= 15 is 0 Å². The zero-order valence-electron chi connectivity index (χ0n) is 14.9. The van der Waals surface area contributed by atoms with Gasteiger partial charge < -0.3 is 4.74 Å². The number of fused-ring (bicyclic) bond motifs is 1. The molecule has 0 fully saturated rings. The molecule has 1 aromatic carbocycles. The first-order valence-electron chi connectivity index (χ1n) is 8.57. The Balaban J connectivity index is 1.40. The van der Waals surface area contributed by atoms with Gasteiger partial charge >= 0.3 is 5.97 Å². The molecule has 4 rings (SSSR count). The molecule has 28 heavy (non-hydrogen) atoms. The minimum atomic E-state index is -0.534. The van der Waals surface area contributed by atoms with Crippen molar-refractivity contribution in [3.8, 4) is 10.7 Å². The van der Waals surface area contributed by atoms with Crippen molar-refractivity contribution in [2.75, 3.05) is 13.2 Å². The third-order valence-corrected chi connectivity index (χ3v) is 5.45. The molecular weight excluding hydrogens is 378 g/mol. The van der Waals surface area contributed by atoms with E-state index in [1.807, 2.05) is 12.1 Å². The van der Waals surface area contributed by atoms with Gasteiger partial charge in [-0.05, 0) is 31.2 Å². The van der Waals surface area contributed by atoms with Gasteiger partial charge in [0, 0.05) is 6.20 Å². The molecule has 0 spiro atoms. The van der Waals surface area contributed by atoms with Crippen LogP contribution in [0.4, 0.5) is 0 Å². The number of esters is 1. The first-order chi connectivity index (χ1) is 13.6. The number of amides is 2. The highest BCUT2D eigenvalue weighted by atomic mass is 32.1. The Morgan fingerprint density at radius 3 is 2.39 bits per heavy atom. The van der Waals surface area contributed by atoms with Gasteiger partial charge in [0.15, 0.2) is 0 Å². The largest absolute Gasteiger partial charge is 0.460 e. The normalized spacial score (nSPS) is 13.0. The van der Waals surface area contributed by atoms with Crippen LogP contribution in [-0.4, -0.2) is 45.8 Å². The molecule has 1 aliphatic rings. The van der Waals surface area contributed by atoms with Crippen LogP contribution in [0.1, 0.15) is 36.1 Å². The maximum Gasteiger partial charge on any atom is 0.350 e. The average Bonchev–Trinajstić information content (AvgIpc) is 3.22. The molecule has 0 radical (unpaired) electrons. The Labute approximate surface area is 164 Å². The van der Waals surface area contributed by atoms with Gasteiger partial charge in [-0.3, -0.25) is 19.5 Å². The number of carbonyl (C=O) groups excluding carboxylic acids is 3. The molecular formula is C20H15N3O4S. The highest BCUT2D eigenvalue weighted by Crippen LogP contribution is 2.27. The van der Waals surface area contributed by atoms with Gasteiger partial charge in [-0.1, -0.05) is 18.2 Å². The van der Waals surface area contributed by atoms with E-state index in [9.17, 15) is 14.4 Å². The summed E-state index contributed by atoms with van der Waals surface area (Å²) >= 11 is 1.20. The summed E-state index contributed by atoms with van der Waals surface area (Å²) in [5.74, 6) is -1.28. The predicted octanol–water partition coefficient (Wildman–Crippen LogP) is 2.97. The molecule has 0 aliphatic carbocycles. The van der Waals surface area contributed by atoms with E-state index in [0.29, 0.717) is 32.4 Å². The summed E-state index contributed by atoms with van der Waals surface area (Å²) in [6.45, 7) is 1.65. The number of thiazole rings is 1. The zero-order valence-corrected chi connectivity index (χ0v) is 15.7. The van der Waals surface area contributed by atoms with Crippen LogP contribution in [0, 0.1) is 6.92 Å². The number of carbonyl (C=O) groups is 3. The molecule has 3 heterocycles. The molecule has 0 atom stereocenters. The third-order valence-electron chi connectivity index (χ3n) is 4.29. The van der Waals surface area contributed by atoms with E-state index in [2.05, 4.69) is 9.97 Å². The van der Waals surface area contributed by atoms with Crippen LogP contribution in [0.5, 0.6) is 0 Å². The summed E-state index contributed by atoms with van der Waals surface area (Å²) in [6.07, 6.45) is 1.66. The quantitative estimate of drug-likeness (QED) is 0.489. The van der Waals surface area contributed by atoms with Crippen LogP contribution in [-0.2, 0) is 4.74 Å². The SMILES string of the molecule is Cc1nc(-c2ccccn2)sc1C(=O)OCCN1C(=O)c2ccccc2C1=O. The van der Waals surface area contributed by atoms with Crippen molar-refractivity contribution in [1.29, 1.82) is 0 Å². The molecule has 7 nitrogen and oxygen atoms in total. The zero-order chi connectivity index (χ0) is 19.7. The minimum absolute atomic E-state index is 0.00301. The summed E-state index contributed by atoms with van der Waals surface area (Å²) in [5.41, 5.74) is 1.98. The number of imide groups is 1. The lowest BCUT2D eigenvalue weighted by atomic mass is 10.1. The van der Waals surface area contributed by atoms with Crippen LogP contribution in [0.3, 0.4) is 0 Å². The maximum atomic E-state index is 12.4. The monoisotopic (exact) mass is 393 g/mol. The fourth-order valence-corrected chi connectivity index (χ4v) is 3.86. The Kier molecular flexibility index (Phi) is 4.70. The summed E-state index contributed by atoms with van der Waals surface area (Å²) in [4.78, 5) is 47.1. The van der Waals surface area contributed by atoms with Gasteiger partial charge in [0.05, 0.1) is 29.1 Å². The van der Waals surface area contributed by atoms with E-state index in [0.717, 1.165) is 4.90 Å². The van der Waals surface area contributed by atoms with E-state index in [1.165, 1.54) is 11.3 Å². The lowest BCUT2D eigenvalue weighted by molar-refractivity contribution is 0.0423. The van der Waals surface area contributed by atoms with Crippen molar-refractivity contribution in [2.45, 2.75) is 6.92 Å². The Bertz CT molecular complexity index is 1040. The highest BCUT2D eigenvalue weighted by molar-refractivity contribution is 7.17. The third kappa shape index (κ3) is 3.18. The van der Waals surface area contributed by atoms with Gasteiger partial charge in [-0.15, -0.1) is 11.3 Å². The fraction of sp³-hybridized carbons (Fsp3) is 0.150. The number of aryl methyl sites for hydroxylation is 1. The van der Waals surface area contributed by atoms with Crippen molar-refractivity contribution < 1.29 is 19.1 Å². The van der Waals surface area contributed by atoms with Crippen LogP contribution in [0.2, 0.25) is 0 Å². The summed E-state index contributed by atoms with van der Waals surface area (Å²) in [5, 5.41) is 0.630. The number of pyridine rings is 1. The number of rotatable bonds is 5. The van der Waals surface area contributed by atoms with Crippen LogP contribution in [0.15, 0.2) is 48.7 Å². The second-order valence-electron chi connectivity index (χ2n) is 6.09. The maximum absolute atomic E-state index is 12.4. The van der Waals surface area contributed by atoms with E-state index in [1.54, 1.807) is 43.5 Å². The molecule has 1 aliphatic heterocycles. The Morgan fingerprint density at radius 1 is 1.07 bits per heavy atom. The molecule has 0 unspecified atom stereocenters. The van der Waals surface area contributed by atoms with E-state index in [-0.39, 0.29) is 25.0 Å². The van der Waals surface area contributed by atoms with Gasteiger partial charge in [0.25, 0.3) is 11.8 Å². The molecule has 0 saturated carbocycles. The molecule has 140 valence electrons. The molecule has 2 amide bonds. The lowest BCUT2D eigenvalue weighted by Gasteiger charge is -2.13. The summed E-state index contributed by atoms with van der Waals surface area (Å²) in [6, 6.07) is 12.1. The second-order valence-corrected chi connectivity index (χ2v) is 7.09. The standard InChI is InChI=1S/C20H15N3O4S/c1-12-16(28-17(22-12)15-8-4-5-9-21-15)20(26)27-11-10-23-18(24)13-6-2-3-7-14(13)19(23)25/h2-9H,10-11H2,1H3. The lowest BCUT2D eigenvalue weighted by Crippen LogP contribution is -2.33. The highest BCUT2D eigenvalue weighted by Gasteiger charge is 2.35. The summed E-state index contributed by atoms with van der Waals surface area (Å²) in [7, 11) is 0. The molecule has 3 aromatic rings. The number of nitrogens with zero attached hydrogens (tertiary/aromatic N) is 3. The number of benzene rings is 1. The van der Waals surface area contributed by atoms with Gasteiger partial charge in [0.1, 0.15) is 16.5 Å². The molecule has 8 heteroatoms. The first-order valence-corrected chi connectivity index (χ1v) is 9.39. The van der Waals surface area contributed by atoms with Crippen molar-refractivity contribution >= 4 is 29.1 Å². The number of aromatic nitrogens is 2. The Hall–Kier alpha value is -3.39. The van der Waals surface area contributed by atoms with Crippen LogP contribution in [0.25, 0.3) is 10.7 Å². The van der Waals surface area contributed by atoms with Crippen molar-refractivity contribution in [3.63, 3.8) is 0 Å². The van der Waals surface area contributed by atoms with Crippen LogP contribution >= 0.6 is 11.3 Å².